The predicted octanol–water partition coefficient (Wildman–Crippen LogP) is 10.6. The molecule has 2 aliphatic carbocycles. The first-order valence-corrected chi connectivity index (χ1v) is 19.0. The normalized spacial score (nSPS) is 14.3. The van der Waals surface area contributed by atoms with Gasteiger partial charge in [-0.2, -0.15) is 10.5 Å². The van der Waals surface area contributed by atoms with Crippen molar-refractivity contribution in [1.82, 2.24) is 14.5 Å². The van der Waals surface area contributed by atoms with E-state index in [9.17, 15) is 23.6 Å². The van der Waals surface area contributed by atoms with Crippen molar-refractivity contribution in [3.05, 3.63) is 114 Å². The number of aromatic nitrogens is 3. The number of H-pyrrole nitrogens is 2. The monoisotopic (exact) mass is 850 g/mol. The molecule has 2 N–H and O–H groups in total. The molecule has 270 valence electrons. The lowest BCUT2D eigenvalue weighted by Crippen LogP contribution is -2.37. The molecule has 9 nitrogen and oxygen atoms in total. The SMILES string of the molecule is COC(=O)c1c(N(c2ccc(Br)c(F)c2)C2CCC2)[nH]c2cc(C#N)ccc12.N#Cc1ccc2c(c1)[nH]c1c2c(=O)c2cc(Br)c(F)cc2n1C1CCC1. The molecule has 0 amide bonds. The number of methoxy groups -OCH3 is 1. The second-order valence-corrected chi connectivity index (χ2v) is 15.3. The summed E-state index contributed by atoms with van der Waals surface area (Å²) in [6.45, 7) is 0. The van der Waals surface area contributed by atoms with Crippen LogP contribution in [0.5, 0.6) is 0 Å². The van der Waals surface area contributed by atoms with E-state index in [0.29, 0.717) is 65.5 Å². The quantitative estimate of drug-likeness (QED) is 0.166. The Morgan fingerprint density at radius 2 is 1.48 bits per heavy atom. The first-order valence-electron chi connectivity index (χ1n) is 17.4. The standard InChI is InChI=1S/C21H17BrFN3O2.C20H13BrFN3O/c1-28-21(27)19-15-7-5-12(11-24)9-18(15)25-20(19)26(13-3-2-4-13)14-6-8-16(22)17(23)10-14;21-14-7-13-17(8-15(14)22)25(11-2-1-3-11)20-18(19(13)26)12-5-4-10(9-23)6-16(12)24-20/h5-10,13,25H,2-4H2,1H3;4-8,11,24H,1-3H2. The minimum absolute atomic E-state index is 0.123. The third-order valence-corrected chi connectivity index (χ3v) is 11.8. The number of benzene rings is 4. The Labute approximate surface area is 324 Å². The lowest BCUT2D eigenvalue weighted by Gasteiger charge is -2.38. The first kappa shape index (κ1) is 35.5. The number of halogens is 4. The molecule has 3 aromatic heterocycles. The number of nitrogens with one attached hydrogen (secondary N) is 2. The van der Waals surface area contributed by atoms with Gasteiger partial charge in [0.15, 0.2) is 5.43 Å². The summed E-state index contributed by atoms with van der Waals surface area (Å²) in [5, 5.41) is 20.9. The van der Waals surface area contributed by atoms with Crippen molar-refractivity contribution in [3.8, 4) is 12.1 Å². The van der Waals surface area contributed by atoms with Gasteiger partial charge in [-0.3, -0.25) is 4.79 Å². The third-order valence-electron chi connectivity index (χ3n) is 10.5. The predicted molar refractivity (Wildman–Crippen MR) is 211 cm³/mol. The van der Waals surface area contributed by atoms with Gasteiger partial charge in [0.05, 0.1) is 50.2 Å². The number of hydrogen-bond donors (Lipinski definition) is 2. The number of ether oxygens (including phenoxy) is 1. The van der Waals surface area contributed by atoms with Crippen LogP contribution in [0.25, 0.3) is 43.7 Å². The number of carbonyl (C=O) groups excluding carboxylic acids is 1. The Morgan fingerprint density at radius 3 is 2.07 bits per heavy atom. The zero-order chi connectivity index (χ0) is 37.8. The number of esters is 1. The van der Waals surface area contributed by atoms with Gasteiger partial charge < -0.3 is 24.2 Å². The molecule has 0 radical (unpaired) electrons. The molecule has 0 saturated heterocycles. The van der Waals surface area contributed by atoms with Gasteiger partial charge in [0.25, 0.3) is 0 Å². The number of pyridine rings is 1. The fraction of sp³-hybridized carbons (Fsp3) is 0.220. The topological polar surface area (TPSA) is 131 Å². The number of nitrogens with zero attached hydrogens (tertiary/aromatic N) is 4. The summed E-state index contributed by atoms with van der Waals surface area (Å²) < 4.78 is 36.3. The number of rotatable bonds is 5. The maximum Gasteiger partial charge on any atom is 0.342 e. The third kappa shape index (κ3) is 5.92. The summed E-state index contributed by atoms with van der Waals surface area (Å²) in [7, 11) is 1.33. The molecular formula is C41H30Br2F2N6O3. The molecule has 2 aliphatic rings. The van der Waals surface area contributed by atoms with E-state index in [4.69, 9.17) is 10.00 Å². The number of nitriles is 2. The van der Waals surface area contributed by atoms with Crippen molar-refractivity contribution in [1.29, 1.82) is 10.5 Å². The number of carbonyl (C=O) groups is 1. The molecule has 2 fully saturated rings. The lowest BCUT2D eigenvalue weighted by atomic mass is 9.90. The van der Waals surface area contributed by atoms with Gasteiger partial charge in [-0.1, -0.05) is 12.1 Å². The molecule has 0 unspecified atom stereocenters. The van der Waals surface area contributed by atoms with Crippen molar-refractivity contribution in [2.75, 3.05) is 12.0 Å². The molecule has 0 bridgehead atoms. The van der Waals surface area contributed by atoms with E-state index in [2.05, 4.69) is 58.5 Å². The van der Waals surface area contributed by atoms with E-state index in [-0.39, 0.29) is 33.6 Å². The van der Waals surface area contributed by atoms with Gasteiger partial charge in [-0.05, 0) is 125 Å². The number of fused-ring (bicyclic) bond motifs is 5. The zero-order valence-corrected chi connectivity index (χ0v) is 31.9. The van der Waals surface area contributed by atoms with Gasteiger partial charge >= 0.3 is 5.97 Å². The Morgan fingerprint density at radius 1 is 0.833 bits per heavy atom. The van der Waals surface area contributed by atoms with Crippen LogP contribution in [0.1, 0.15) is 66.1 Å². The van der Waals surface area contributed by atoms with Crippen LogP contribution in [0.15, 0.2) is 80.5 Å². The van der Waals surface area contributed by atoms with E-state index >= 15 is 0 Å². The smallest absolute Gasteiger partial charge is 0.342 e. The van der Waals surface area contributed by atoms with Crippen molar-refractivity contribution in [3.63, 3.8) is 0 Å². The fourth-order valence-electron chi connectivity index (χ4n) is 7.40. The molecule has 13 heteroatoms. The molecule has 0 atom stereocenters. The van der Waals surface area contributed by atoms with Gasteiger partial charge in [0, 0.05) is 45.0 Å². The highest BCUT2D eigenvalue weighted by Crippen LogP contribution is 2.42. The minimum Gasteiger partial charge on any atom is -0.465 e. The highest BCUT2D eigenvalue weighted by Gasteiger charge is 2.33. The molecule has 9 rings (SSSR count). The van der Waals surface area contributed by atoms with Crippen molar-refractivity contribution >= 4 is 93.1 Å². The molecule has 2 saturated carbocycles. The van der Waals surface area contributed by atoms with Gasteiger partial charge in [-0.25, -0.2) is 13.6 Å². The largest absolute Gasteiger partial charge is 0.465 e. The summed E-state index contributed by atoms with van der Waals surface area (Å²) in [6, 6.07) is 22.9. The van der Waals surface area contributed by atoms with E-state index < -0.39 is 5.97 Å². The lowest BCUT2D eigenvalue weighted by molar-refractivity contribution is 0.0603. The Bertz CT molecular complexity index is 2820. The van der Waals surface area contributed by atoms with Crippen LogP contribution in [-0.4, -0.2) is 33.7 Å². The molecule has 0 aliphatic heterocycles. The highest BCUT2D eigenvalue weighted by molar-refractivity contribution is 9.10. The summed E-state index contributed by atoms with van der Waals surface area (Å²) in [4.78, 5) is 34.4. The van der Waals surface area contributed by atoms with Crippen LogP contribution >= 0.6 is 31.9 Å². The van der Waals surface area contributed by atoms with E-state index in [0.717, 1.165) is 49.4 Å². The van der Waals surface area contributed by atoms with Crippen LogP contribution in [0.4, 0.5) is 20.3 Å². The second-order valence-electron chi connectivity index (χ2n) is 13.6. The molecule has 3 heterocycles. The van der Waals surface area contributed by atoms with Crippen molar-refractivity contribution < 1.29 is 18.3 Å². The summed E-state index contributed by atoms with van der Waals surface area (Å²) in [5.74, 6) is -0.673. The Balaban J connectivity index is 0.000000153. The number of aromatic amines is 2. The average Bonchev–Trinajstić information content (AvgIpc) is 3.70. The Kier molecular flexibility index (Phi) is 9.24. The Hall–Kier alpha value is -5.50. The van der Waals surface area contributed by atoms with Crippen LogP contribution < -0.4 is 10.3 Å². The maximum absolute atomic E-state index is 14.3. The molecule has 54 heavy (non-hydrogen) atoms. The zero-order valence-electron chi connectivity index (χ0n) is 28.8. The molecule has 4 aromatic carbocycles. The molecule has 7 aromatic rings. The van der Waals surface area contributed by atoms with Crippen LogP contribution in [0.3, 0.4) is 0 Å². The van der Waals surface area contributed by atoms with Gasteiger partial charge in [0.2, 0.25) is 0 Å². The van der Waals surface area contributed by atoms with Crippen molar-refractivity contribution in [2.24, 2.45) is 0 Å². The van der Waals surface area contributed by atoms with Gasteiger partial charge in [-0.15, -0.1) is 0 Å². The van der Waals surface area contributed by atoms with Gasteiger partial charge in [0.1, 0.15) is 28.7 Å². The average molecular weight is 853 g/mol. The number of anilines is 2. The summed E-state index contributed by atoms with van der Waals surface area (Å²) >= 11 is 6.39. The number of hydrogen-bond acceptors (Lipinski definition) is 6. The van der Waals surface area contributed by atoms with Crippen LogP contribution in [-0.2, 0) is 4.74 Å². The minimum atomic E-state index is -0.479. The summed E-state index contributed by atoms with van der Waals surface area (Å²) in [5.41, 5.74) is 4.67. The second kappa shape index (κ2) is 14.0. The fourth-order valence-corrected chi connectivity index (χ4v) is 7.99. The molecule has 0 spiro atoms. The van der Waals surface area contributed by atoms with Crippen LogP contribution in [0, 0.1) is 34.3 Å². The first-order chi connectivity index (χ1) is 26.1. The van der Waals surface area contributed by atoms with Crippen LogP contribution in [0.2, 0.25) is 0 Å². The van der Waals surface area contributed by atoms with E-state index in [1.54, 1.807) is 42.5 Å². The highest BCUT2D eigenvalue weighted by atomic mass is 79.9. The molecular weight excluding hydrogens is 822 g/mol. The maximum atomic E-state index is 14.3. The van der Waals surface area contributed by atoms with E-state index in [1.165, 1.54) is 19.2 Å². The van der Waals surface area contributed by atoms with Crippen molar-refractivity contribution in [2.45, 2.75) is 50.6 Å². The van der Waals surface area contributed by atoms with E-state index in [1.807, 2.05) is 17.0 Å². The summed E-state index contributed by atoms with van der Waals surface area (Å²) in [6.07, 6.45) is 6.09.